The zero-order valence-electron chi connectivity index (χ0n) is 23.0. The summed E-state index contributed by atoms with van der Waals surface area (Å²) in [6.07, 6.45) is 2.80. The Kier molecular flexibility index (Phi) is 8.36. The van der Waals surface area contributed by atoms with E-state index in [0.717, 1.165) is 35.8 Å². The third-order valence-electron chi connectivity index (χ3n) is 6.87. The fourth-order valence-electron chi connectivity index (χ4n) is 4.85. The summed E-state index contributed by atoms with van der Waals surface area (Å²) >= 11 is 1.52. The van der Waals surface area contributed by atoms with Gasteiger partial charge in [-0.15, -0.1) is 0 Å². The number of hydrogen-bond acceptors (Lipinski definition) is 9. The van der Waals surface area contributed by atoms with E-state index < -0.39 is 23.4 Å². The molecule has 2 fully saturated rings. The van der Waals surface area contributed by atoms with Crippen LogP contribution in [0.3, 0.4) is 0 Å². The normalized spacial score (nSPS) is 16.7. The molecule has 5 rings (SSSR count). The molecule has 0 radical (unpaired) electrons. The Morgan fingerprint density at radius 1 is 1.12 bits per heavy atom. The van der Waals surface area contributed by atoms with Gasteiger partial charge in [0.25, 0.3) is 5.91 Å². The minimum atomic E-state index is -0.540. The number of pyridine rings is 1. The number of thiazole rings is 1. The maximum Gasteiger partial charge on any atom is 0.407 e. The number of amides is 2. The third kappa shape index (κ3) is 6.97. The molecule has 12 heteroatoms. The summed E-state index contributed by atoms with van der Waals surface area (Å²) < 4.78 is 25.9. The standard InChI is InChI=1S/C28H35FN6O4S/c1-28(2,3)39-27(37)31-16-18-6-8-34(9-7-18)22-5-4-19(29)14-21(22)25(36)32-20-15-23-24(30-17-20)33-26(40-23)35-10-12-38-13-11-35/h4-5,14-15,17-18H,6-13,16H2,1-3H3,(H,31,37)(H,32,36). The average molecular weight is 571 g/mol. The van der Waals surface area contributed by atoms with Crippen LogP contribution in [0.25, 0.3) is 10.3 Å². The molecule has 2 aliphatic rings. The van der Waals surface area contributed by atoms with Crippen LogP contribution in [0.5, 0.6) is 0 Å². The van der Waals surface area contributed by atoms with Gasteiger partial charge in [-0.2, -0.15) is 4.98 Å². The van der Waals surface area contributed by atoms with Gasteiger partial charge in [-0.1, -0.05) is 11.3 Å². The van der Waals surface area contributed by atoms with Gasteiger partial charge in [0.2, 0.25) is 0 Å². The highest BCUT2D eigenvalue weighted by Crippen LogP contribution is 2.31. The number of alkyl carbamates (subject to hydrolysis) is 1. The van der Waals surface area contributed by atoms with Crippen LogP contribution < -0.4 is 20.4 Å². The minimum absolute atomic E-state index is 0.267. The van der Waals surface area contributed by atoms with Gasteiger partial charge in [-0.25, -0.2) is 14.2 Å². The molecule has 0 bridgehead atoms. The fraction of sp³-hybridized carbons (Fsp3) is 0.500. The van der Waals surface area contributed by atoms with Crippen molar-refractivity contribution >= 4 is 50.2 Å². The number of rotatable bonds is 6. The van der Waals surface area contributed by atoms with Gasteiger partial charge in [-0.3, -0.25) is 4.79 Å². The van der Waals surface area contributed by atoms with Crippen LogP contribution in [-0.2, 0) is 9.47 Å². The summed E-state index contributed by atoms with van der Waals surface area (Å²) in [5.74, 6) is -0.583. The number of carbonyl (C=O) groups excluding carboxylic acids is 2. The molecule has 0 saturated carbocycles. The first kappa shape index (κ1) is 28.0. The fourth-order valence-corrected chi connectivity index (χ4v) is 5.87. The zero-order chi connectivity index (χ0) is 28.3. The summed E-state index contributed by atoms with van der Waals surface area (Å²) in [5, 5.41) is 6.63. The van der Waals surface area contributed by atoms with E-state index in [1.54, 1.807) is 12.3 Å². The monoisotopic (exact) mass is 570 g/mol. The molecule has 2 saturated heterocycles. The van der Waals surface area contributed by atoms with Gasteiger partial charge in [0.1, 0.15) is 11.4 Å². The molecule has 2 aromatic heterocycles. The second-order valence-electron chi connectivity index (χ2n) is 11.1. The highest BCUT2D eigenvalue weighted by molar-refractivity contribution is 7.22. The summed E-state index contributed by atoms with van der Waals surface area (Å²) in [4.78, 5) is 38.7. The first-order chi connectivity index (χ1) is 19.1. The van der Waals surface area contributed by atoms with Crippen LogP contribution in [0, 0.1) is 11.7 Å². The molecule has 4 heterocycles. The minimum Gasteiger partial charge on any atom is -0.444 e. The number of hydrogen-bond donors (Lipinski definition) is 2. The Bertz CT molecular complexity index is 1360. The molecule has 2 aliphatic heterocycles. The van der Waals surface area contributed by atoms with Crippen molar-refractivity contribution in [1.82, 2.24) is 15.3 Å². The van der Waals surface area contributed by atoms with Crippen molar-refractivity contribution in [1.29, 1.82) is 0 Å². The Morgan fingerprint density at radius 3 is 2.60 bits per heavy atom. The van der Waals surface area contributed by atoms with Crippen molar-refractivity contribution in [2.75, 3.05) is 61.1 Å². The molecular formula is C28H35FN6O4S. The molecule has 10 nitrogen and oxygen atoms in total. The van der Waals surface area contributed by atoms with Crippen molar-refractivity contribution in [3.8, 4) is 0 Å². The molecule has 0 aliphatic carbocycles. The van der Waals surface area contributed by atoms with Gasteiger partial charge in [0, 0.05) is 38.4 Å². The van der Waals surface area contributed by atoms with Crippen molar-refractivity contribution in [3.63, 3.8) is 0 Å². The number of fused-ring (bicyclic) bond motifs is 1. The van der Waals surface area contributed by atoms with E-state index in [9.17, 15) is 14.0 Å². The third-order valence-corrected chi connectivity index (χ3v) is 7.92. The largest absolute Gasteiger partial charge is 0.444 e. The number of piperidine rings is 1. The molecule has 3 aromatic rings. The van der Waals surface area contributed by atoms with E-state index in [-0.39, 0.29) is 5.56 Å². The van der Waals surface area contributed by atoms with E-state index in [4.69, 9.17) is 9.47 Å². The molecular weight excluding hydrogens is 535 g/mol. The van der Waals surface area contributed by atoms with E-state index in [1.165, 1.54) is 23.5 Å². The molecule has 2 N–H and O–H groups in total. The van der Waals surface area contributed by atoms with E-state index in [1.807, 2.05) is 26.8 Å². The van der Waals surface area contributed by atoms with Crippen molar-refractivity contribution < 1.29 is 23.5 Å². The number of carbonyl (C=O) groups is 2. The first-order valence-corrected chi connectivity index (χ1v) is 14.4. The van der Waals surface area contributed by atoms with Crippen LogP contribution in [0.1, 0.15) is 44.0 Å². The highest BCUT2D eigenvalue weighted by atomic mass is 32.1. The number of ether oxygens (including phenoxy) is 2. The lowest BCUT2D eigenvalue weighted by Gasteiger charge is -2.34. The summed E-state index contributed by atoms with van der Waals surface area (Å²) in [6, 6.07) is 6.16. The Labute approximate surface area is 236 Å². The van der Waals surface area contributed by atoms with Crippen LogP contribution in [-0.4, -0.2) is 73.5 Å². The van der Waals surface area contributed by atoms with Crippen LogP contribution in [0.2, 0.25) is 0 Å². The van der Waals surface area contributed by atoms with E-state index >= 15 is 0 Å². The van der Waals surface area contributed by atoms with Crippen molar-refractivity contribution in [3.05, 3.63) is 41.8 Å². The van der Waals surface area contributed by atoms with Gasteiger partial charge in [-0.05, 0) is 63.8 Å². The first-order valence-electron chi connectivity index (χ1n) is 13.6. The number of nitrogens with zero attached hydrogens (tertiary/aromatic N) is 4. The topological polar surface area (TPSA) is 109 Å². The summed E-state index contributed by atoms with van der Waals surface area (Å²) in [5.41, 5.74) is 1.56. The molecule has 40 heavy (non-hydrogen) atoms. The maximum absolute atomic E-state index is 14.3. The number of morpholine rings is 1. The van der Waals surface area contributed by atoms with E-state index in [0.29, 0.717) is 55.8 Å². The number of nitrogens with one attached hydrogen (secondary N) is 2. The van der Waals surface area contributed by atoms with Gasteiger partial charge < -0.3 is 29.9 Å². The molecule has 0 atom stereocenters. The predicted octanol–water partition coefficient (Wildman–Crippen LogP) is 4.66. The summed E-state index contributed by atoms with van der Waals surface area (Å²) in [6.45, 7) is 10.3. The Morgan fingerprint density at radius 2 is 1.88 bits per heavy atom. The van der Waals surface area contributed by atoms with E-state index in [2.05, 4.69) is 30.4 Å². The SMILES string of the molecule is CC(C)(C)OC(=O)NCC1CCN(c2ccc(F)cc2C(=O)Nc2cnc3nc(N4CCOCC4)sc3c2)CC1. The van der Waals surface area contributed by atoms with Crippen molar-refractivity contribution in [2.45, 2.75) is 39.2 Å². The van der Waals surface area contributed by atoms with Gasteiger partial charge in [0.05, 0.1) is 35.4 Å². The Balaban J connectivity index is 1.23. The summed E-state index contributed by atoms with van der Waals surface area (Å²) in [7, 11) is 0. The average Bonchev–Trinajstić information content (AvgIpc) is 3.35. The highest BCUT2D eigenvalue weighted by Gasteiger charge is 2.25. The molecule has 1 aromatic carbocycles. The second-order valence-corrected chi connectivity index (χ2v) is 12.1. The van der Waals surface area contributed by atoms with Gasteiger partial charge in [0.15, 0.2) is 10.8 Å². The molecule has 214 valence electrons. The molecule has 0 spiro atoms. The zero-order valence-corrected chi connectivity index (χ0v) is 23.9. The lowest BCUT2D eigenvalue weighted by atomic mass is 9.95. The molecule has 0 unspecified atom stereocenters. The second kappa shape index (κ2) is 11.9. The van der Waals surface area contributed by atoms with Crippen LogP contribution in [0.15, 0.2) is 30.5 Å². The smallest absolute Gasteiger partial charge is 0.407 e. The quantitative estimate of drug-likeness (QED) is 0.441. The molecule has 2 amide bonds. The number of aromatic nitrogens is 2. The predicted molar refractivity (Wildman–Crippen MR) is 154 cm³/mol. The van der Waals surface area contributed by atoms with Crippen LogP contribution in [0.4, 0.5) is 25.7 Å². The number of anilines is 3. The van der Waals surface area contributed by atoms with Gasteiger partial charge >= 0.3 is 6.09 Å². The van der Waals surface area contributed by atoms with Crippen LogP contribution >= 0.6 is 11.3 Å². The lowest BCUT2D eigenvalue weighted by molar-refractivity contribution is 0.0516. The maximum atomic E-state index is 14.3. The van der Waals surface area contributed by atoms with Crippen molar-refractivity contribution in [2.24, 2.45) is 5.92 Å². The number of benzene rings is 1. The lowest BCUT2D eigenvalue weighted by Crippen LogP contribution is -2.40. The number of halogens is 1. The Hall–Kier alpha value is -3.51.